The lowest BCUT2D eigenvalue weighted by Crippen LogP contribution is -2.38. The van der Waals surface area contributed by atoms with Crippen molar-refractivity contribution in [1.29, 1.82) is 0 Å². The number of esters is 1. The number of hydrogen-bond donors (Lipinski definition) is 3. The zero-order valence-electron chi connectivity index (χ0n) is 23.0. The molecule has 0 spiro atoms. The first-order valence-corrected chi connectivity index (χ1v) is 12.7. The highest BCUT2D eigenvalue weighted by Crippen LogP contribution is 2.20. The van der Waals surface area contributed by atoms with E-state index in [-0.39, 0.29) is 25.6 Å². The number of aliphatic hydroxyl groups is 1. The Morgan fingerprint density at radius 1 is 0.946 bits per heavy atom. The lowest BCUT2D eigenvalue weighted by atomic mass is 9.93. The number of ketones is 1. The second kappa shape index (κ2) is 18.9. The molecular weight excluding hydrogens is 474 g/mol. The average molecular weight is 518 g/mol. The number of aliphatic hydroxyl groups excluding tert-OH is 1. The second-order valence-electron chi connectivity index (χ2n) is 9.63. The number of aliphatic carboxylic acids is 1. The fraction of sp³-hybridized carbons (Fsp3) is 0.517. The minimum atomic E-state index is -1.62. The highest BCUT2D eigenvalue weighted by molar-refractivity contribution is 6.33. The number of unbranched alkanes of at least 4 members (excludes halogenated alkanes) is 1. The van der Waals surface area contributed by atoms with Crippen LogP contribution in [0.25, 0.3) is 10.8 Å². The van der Waals surface area contributed by atoms with Crippen molar-refractivity contribution in [2.45, 2.75) is 73.3 Å². The van der Waals surface area contributed by atoms with Crippen LogP contribution in [0.4, 0.5) is 0 Å². The summed E-state index contributed by atoms with van der Waals surface area (Å²) in [7, 11) is 0. The summed E-state index contributed by atoms with van der Waals surface area (Å²) in [5.41, 5.74) is 0.856. The van der Waals surface area contributed by atoms with Gasteiger partial charge in [0.15, 0.2) is 0 Å². The topological polar surface area (TPSA) is 130 Å². The van der Waals surface area contributed by atoms with Crippen LogP contribution in [-0.4, -0.2) is 53.1 Å². The lowest BCUT2D eigenvalue weighted by Gasteiger charge is -2.16. The molecule has 0 aromatic heterocycles. The molecule has 3 N–H and O–H groups in total. The minimum Gasteiger partial charge on any atom is -0.475 e. The lowest BCUT2D eigenvalue weighted by molar-refractivity contribution is -0.149. The number of carboxylic acid groups (broad SMARTS) is 1. The van der Waals surface area contributed by atoms with Crippen LogP contribution in [0.2, 0.25) is 0 Å². The zero-order valence-corrected chi connectivity index (χ0v) is 23.0. The summed E-state index contributed by atoms with van der Waals surface area (Å²) in [5.74, 6) is -3.72. The van der Waals surface area contributed by atoms with Crippen LogP contribution in [0.3, 0.4) is 0 Å². The van der Waals surface area contributed by atoms with Gasteiger partial charge in [0.05, 0.1) is 25.5 Å². The van der Waals surface area contributed by atoms with E-state index < -0.39 is 36.1 Å². The predicted molar refractivity (Wildman–Crippen MR) is 145 cm³/mol. The van der Waals surface area contributed by atoms with Gasteiger partial charge in [-0.2, -0.15) is 0 Å². The highest BCUT2D eigenvalue weighted by Gasteiger charge is 2.24. The first-order chi connectivity index (χ1) is 17.4. The maximum absolute atomic E-state index is 12.5. The maximum atomic E-state index is 12.5. The van der Waals surface area contributed by atoms with Crippen molar-refractivity contribution in [3.8, 4) is 0 Å². The van der Waals surface area contributed by atoms with Crippen LogP contribution in [0.15, 0.2) is 42.5 Å². The van der Waals surface area contributed by atoms with Gasteiger partial charge in [-0.1, -0.05) is 76.6 Å². The number of fused-ring (bicyclic) bond motifs is 1. The molecule has 0 aliphatic rings. The SMILES string of the molecule is CC(C)C.CC(C)O.CCCCOC(=O)CC(Cc1ccc2ccccc2c1)C(=O)NCC(=O)C(=O)O. The molecule has 0 heterocycles. The largest absolute Gasteiger partial charge is 0.475 e. The van der Waals surface area contributed by atoms with Gasteiger partial charge < -0.3 is 20.3 Å². The molecule has 0 bridgehead atoms. The molecule has 1 amide bonds. The average Bonchev–Trinajstić information content (AvgIpc) is 2.81. The third kappa shape index (κ3) is 16.9. The number of carbonyl (C=O) groups excluding carboxylic acids is 3. The van der Waals surface area contributed by atoms with E-state index in [4.69, 9.17) is 14.9 Å². The van der Waals surface area contributed by atoms with Crippen LogP contribution >= 0.6 is 0 Å². The zero-order chi connectivity index (χ0) is 28.4. The van der Waals surface area contributed by atoms with Gasteiger partial charge in [-0.05, 0) is 48.9 Å². The Morgan fingerprint density at radius 3 is 2.05 bits per heavy atom. The number of nitrogens with one attached hydrogen (secondary N) is 1. The molecular formula is C29H43NO7. The number of Topliss-reactive ketones (excluding diaryl/α,β-unsaturated/α-hetero) is 1. The van der Waals surface area contributed by atoms with E-state index in [1.54, 1.807) is 13.8 Å². The van der Waals surface area contributed by atoms with E-state index in [1.165, 1.54) is 0 Å². The molecule has 0 radical (unpaired) electrons. The first-order valence-electron chi connectivity index (χ1n) is 12.7. The summed E-state index contributed by atoms with van der Waals surface area (Å²) in [5, 5.41) is 21.1. The van der Waals surface area contributed by atoms with Crippen LogP contribution in [0, 0.1) is 11.8 Å². The van der Waals surface area contributed by atoms with Gasteiger partial charge in [-0.3, -0.25) is 14.4 Å². The summed E-state index contributed by atoms with van der Waals surface area (Å²) in [4.78, 5) is 46.6. The van der Waals surface area contributed by atoms with Crippen molar-refractivity contribution in [2.75, 3.05) is 13.2 Å². The Labute approximate surface area is 220 Å². The van der Waals surface area contributed by atoms with Crippen molar-refractivity contribution in [1.82, 2.24) is 5.32 Å². The summed E-state index contributed by atoms with van der Waals surface area (Å²) in [6, 6.07) is 13.5. The maximum Gasteiger partial charge on any atom is 0.374 e. The molecule has 0 fully saturated rings. The van der Waals surface area contributed by atoms with Gasteiger partial charge >= 0.3 is 11.9 Å². The molecule has 0 aliphatic heterocycles. The number of carboxylic acids is 1. The summed E-state index contributed by atoms with van der Waals surface area (Å²) in [6.45, 7) is 11.6. The molecule has 0 saturated carbocycles. The Hall–Kier alpha value is -3.26. The van der Waals surface area contributed by atoms with Gasteiger partial charge in [0.25, 0.3) is 5.78 Å². The summed E-state index contributed by atoms with van der Waals surface area (Å²) >= 11 is 0. The molecule has 206 valence electrons. The van der Waals surface area contributed by atoms with Crippen molar-refractivity contribution < 1.29 is 34.1 Å². The molecule has 2 rings (SSSR count). The Kier molecular flexibility index (Phi) is 17.3. The molecule has 8 nitrogen and oxygen atoms in total. The molecule has 1 unspecified atom stereocenters. The first kappa shape index (κ1) is 33.7. The van der Waals surface area contributed by atoms with E-state index in [0.29, 0.717) is 0 Å². The van der Waals surface area contributed by atoms with Gasteiger partial charge in [0, 0.05) is 6.10 Å². The molecule has 37 heavy (non-hydrogen) atoms. The molecule has 0 saturated heterocycles. The van der Waals surface area contributed by atoms with E-state index in [0.717, 1.165) is 35.1 Å². The number of benzene rings is 2. The van der Waals surface area contributed by atoms with Crippen molar-refractivity contribution in [2.24, 2.45) is 11.8 Å². The van der Waals surface area contributed by atoms with E-state index in [1.807, 2.05) is 49.4 Å². The highest BCUT2D eigenvalue weighted by atomic mass is 16.5. The smallest absolute Gasteiger partial charge is 0.374 e. The molecule has 2 aromatic rings. The molecule has 0 aliphatic carbocycles. The van der Waals surface area contributed by atoms with Gasteiger partial charge in [-0.25, -0.2) is 4.79 Å². The number of carbonyl (C=O) groups is 4. The summed E-state index contributed by atoms with van der Waals surface area (Å²) < 4.78 is 5.15. The standard InChI is InChI=1S/C22H25NO6.C4H10.C3H8O/c1-2-3-10-29-20(25)13-18(21(26)23-14-19(24)22(27)28)12-15-8-9-16-6-4-5-7-17(16)11-15;1-4(2)3;1-3(2)4/h4-9,11,18H,2-3,10,12-14H2,1H3,(H,23,26)(H,27,28);4H,1-3H3;3-4H,1-2H3. The van der Waals surface area contributed by atoms with Crippen molar-refractivity contribution in [3.05, 3.63) is 48.0 Å². The fourth-order valence-corrected chi connectivity index (χ4v) is 2.89. The molecule has 1 atom stereocenters. The van der Waals surface area contributed by atoms with Crippen molar-refractivity contribution >= 4 is 34.4 Å². The number of hydrogen-bond acceptors (Lipinski definition) is 6. The Morgan fingerprint density at radius 2 is 1.51 bits per heavy atom. The molecule has 8 heteroatoms. The Bertz CT molecular complexity index is 974. The van der Waals surface area contributed by atoms with Crippen LogP contribution < -0.4 is 5.32 Å². The number of amides is 1. The normalized spacial score (nSPS) is 11.1. The van der Waals surface area contributed by atoms with Crippen LogP contribution in [0.1, 0.15) is 66.4 Å². The van der Waals surface area contributed by atoms with Gasteiger partial charge in [0.2, 0.25) is 5.91 Å². The van der Waals surface area contributed by atoms with E-state index >= 15 is 0 Å². The minimum absolute atomic E-state index is 0.149. The monoisotopic (exact) mass is 517 g/mol. The number of ether oxygens (including phenoxy) is 1. The third-order valence-electron chi connectivity index (χ3n) is 4.50. The van der Waals surface area contributed by atoms with Crippen LogP contribution in [-0.2, 0) is 30.3 Å². The number of rotatable bonds is 11. The Balaban J connectivity index is 0.00000142. The summed E-state index contributed by atoms with van der Waals surface area (Å²) in [6.07, 6.45) is 1.57. The van der Waals surface area contributed by atoms with Gasteiger partial charge in [0.1, 0.15) is 0 Å². The quantitative estimate of drug-likeness (QED) is 0.226. The fourth-order valence-electron chi connectivity index (χ4n) is 2.89. The second-order valence-corrected chi connectivity index (χ2v) is 9.63. The van der Waals surface area contributed by atoms with Crippen LogP contribution in [0.5, 0.6) is 0 Å². The van der Waals surface area contributed by atoms with Crippen molar-refractivity contribution in [3.63, 3.8) is 0 Å². The predicted octanol–water partition coefficient (Wildman–Crippen LogP) is 4.55. The van der Waals surface area contributed by atoms with E-state index in [9.17, 15) is 19.2 Å². The van der Waals surface area contributed by atoms with Gasteiger partial charge in [-0.15, -0.1) is 0 Å². The third-order valence-corrected chi connectivity index (χ3v) is 4.50. The van der Waals surface area contributed by atoms with E-state index in [2.05, 4.69) is 26.1 Å². The molecule has 2 aromatic carbocycles.